The van der Waals surface area contributed by atoms with Gasteiger partial charge in [-0.2, -0.15) is 0 Å². The number of benzene rings is 7. The van der Waals surface area contributed by atoms with Gasteiger partial charge in [0.1, 0.15) is 0 Å². The summed E-state index contributed by atoms with van der Waals surface area (Å²) in [6.45, 7) is 0. The number of fused-ring (bicyclic) bond motifs is 10. The summed E-state index contributed by atoms with van der Waals surface area (Å²) in [7, 11) is 0. The van der Waals surface area contributed by atoms with Crippen molar-refractivity contribution in [3.8, 4) is 45.3 Å². The van der Waals surface area contributed by atoms with Gasteiger partial charge in [-0.25, -0.2) is 15.0 Å². The van der Waals surface area contributed by atoms with Crippen molar-refractivity contribution in [2.45, 2.75) is 15.2 Å². The van der Waals surface area contributed by atoms with E-state index in [-0.39, 0.29) is 0 Å². The molecule has 1 aliphatic heterocycles. The third kappa shape index (κ3) is 3.99. The molecule has 0 bridgehead atoms. The lowest BCUT2D eigenvalue weighted by Crippen LogP contribution is -2.31. The van der Waals surface area contributed by atoms with Crippen molar-refractivity contribution in [2.75, 3.05) is 0 Å². The van der Waals surface area contributed by atoms with Gasteiger partial charge in [0.15, 0.2) is 17.5 Å². The van der Waals surface area contributed by atoms with Gasteiger partial charge in [0.05, 0.1) is 5.41 Å². The molecule has 8 aromatic rings. The first-order chi connectivity index (χ1) is 23.8. The molecule has 0 atom stereocenters. The van der Waals surface area contributed by atoms with Gasteiger partial charge in [0, 0.05) is 26.5 Å². The Morgan fingerprint density at radius 3 is 1.60 bits per heavy atom. The fourth-order valence-electron chi connectivity index (χ4n) is 7.68. The molecule has 0 saturated carbocycles. The predicted octanol–water partition coefficient (Wildman–Crippen LogP) is 10.9. The molecular weight excluding hydrogens is 603 g/mol. The van der Waals surface area contributed by atoms with Crippen molar-refractivity contribution < 1.29 is 0 Å². The zero-order chi connectivity index (χ0) is 31.7. The molecule has 2 heterocycles. The number of hydrogen-bond acceptors (Lipinski definition) is 4. The van der Waals surface area contributed by atoms with Crippen molar-refractivity contribution in [1.29, 1.82) is 0 Å². The van der Waals surface area contributed by atoms with Gasteiger partial charge in [0.2, 0.25) is 0 Å². The third-order valence-electron chi connectivity index (χ3n) is 9.78. The summed E-state index contributed by atoms with van der Waals surface area (Å²) >= 11 is 1.83. The number of rotatable bonds is 3. The van der Waals surface area contributed by atoms with Crippen LogP contribution < -0.4 is 0 Å². The molecule has 0 fully saturated rings. The molecule has 10 rings (SSSR count). The Morgan fingerprint density at radius 1 is 0.354 bits per heavy atom. The molecule has 2 aliphatic rings. The van der Waals surface area contributed by atoms with Gasteiger partial charge >= 0.3 is 0 Å². The highest BCUT2D eigenvalue weighted by molar-refractivity contribution is 7.99. The molecule has 0 unspecified atom stereocenters. The van der Waals surface area contributed by atoms with Crippen molar-refractivity contribution >= 4 is 22.5 Å². The summed E-state index contributed by atoms with van der Waals surface area (Å²) in [5, 5.41) is 2.35. The van der Waals surface area contributed by atoms with E-state index in [0.29, 0.717) is 17.5 Å². The topological polar surface area (TPSA) is 38.7 Å². The summed E-state index contributed by atoms with van der Waals surface area (Å²) in [6, 6.07) is 58.5. The fourth-order valence-corrected chi connectivity index (χ4v) is 8.91. The van der Waals surface area contributed by atoms with Gasteiger partial charge in [-0.1, -0.05) is 157 Å². The average molecular weight is 630 g/mol. The monoisotopic (exact) mass is 629 g/mol. The van der Waals surface area contributed by atoms with Crippen LogP contribution in [0.4, 0.5) is 0 Å². The van der Waals surface area contributed by atoms with Crippen LogP contribution in [0.5, 0.6) is 0 Å². The molecule has 1 aromatic heterocycles. The molecule has 0 saturated heterocycles. The van der Waals surface area contributed by atoms with E-state index in [4.69, 9.17) is 15.0 Å². The maximum absolute atomic E-state index is 5.13. The van der Waals surface area contributed by atoms with Gasteiger partial charge in [0.25, 0.3) is 0 Å². The van der Waals surface area contributed by atoms with Crippen molar-refractivity contribution in [2.24, 2.45) is 0 Å². The van der Waals surface area contributed by atoms with Gasteiger partial charge in [-0.15, -0.1) is 0 Å². The minimum Gasteiger partial charge on any atom is -0.208 e. The zero-order valence-electron chi connectivity index (χ0n) is 25.8. The van der Waals surface area contributed by atoms with E-state index >= 15 is 0 Å². The van der Waals surface area contributed by atoms with Crippen molar-refractivity contribution in [3.05, 3.63) is 186 Å². The number of hydrogen-bond donors (Lipinski definition) is 0. The van der Waals surface area contributed by atoms with E-state index in [0.717, 1.165) is 22.1 Å². The van der Waals surface area contributed by atoms with Crippen LogP contribution in [0.25, 0.3) is 56.1 Å². The van der Waals surface area contributed by atoms with Crippen LogP contribution in [0.3, 0.4) is 0 Å². The Labute approximate surface area is 283 Å². The quantitative estimate of drug-likeness (QED) is 0.195. The second kappa shape index (κ2) is 10.6. The summed E-state index contributed by atoms with van der Waals surface area (Å²) in [5.41, 5.74) is 10.4. The smallest absolute Gasteiger partial charge is 0.164 e. The Bertz CT molecular complexity index is 2510. The second-order valence-electron chi connectivity index (χ2n) is 12.4. The Balaban J connectivity index is 1.19. The normalized spacial score (nSPS) is 13.5. The lowest BCUT2D eigenvalue weighted by Gasteiger charge is -2.39. The van der Waals surface area contributed by atoms with Crippen LogP contribution in [0, 0.1) is 0 Å². The summed E-state index contributed by atoms with van der Waals surface area (Å²) in [6.07, 6.45) is 0. The van der Waals surface area contributed by atoms with E-state index in [2.05, 4.69) is 146 Å². The van der Waals surface area contributed by atoms with Crippen LogP contribution in [0.1, 0.15) is 22.3 Å². The lowest BCUT2D eigenvalue weighted by molar-refractivity contribution is 0.722. The highest BCUT2D eigenvalue weighted by atomic mass is 32.2. The summed E-state index contributed by atoms with van der Waals surface area (Å²) in [5.74, 6) is 1.99. The molecule has 1 spiro atoms. The molecule has 0 radical (unpaired) electrons. The fraction of sp³-hybridized carbons (Fsp3) is 0.0227. The highest BCUT2D eigenvalue weighted by Gasteiger charge is 2.50. The summed E-state index contributed by atoms with van der Waals surface area (Å²) < 4.78 is 0. The van der Waals surface area contributed by atoms with Crippen LogP contribution >= 0.6 is 11.8 Å². The average Bonchev–Trinajstić information content (AvgIpc) is 3.45. The highest BCUT2D eigenvalue weighted by Crippen LogP contribution is 2.62. The van der Waals surface area contributed by atoms with Gasteiger partial charge in [-0.3, -0.25) is 0 Å². The Morgan fingerprint density at radius 2 is 0.875 bits per heavy atom. The minimum atomic E-state index is -0.409. The molecule has 0 amide bonds. The first-order valence-electron chi connectivity index (χ1n) is 16.2. The maximum Gasteiger partial charge on any atom is 0.164 e. The summed E-state index contributed by atoms with van der Waals surface area (Å²) in [4.78, 5) is 17.7. The maximum atomic E-state index is 5.13. The van der Waals surface area contributed by atoms with E-state index in [1.807, 2.05) is 30.0 Å². The molecule has 3 nitrogen and oxygen atoms in total. The lowest BCUT2D eigenvalue weighted by atomic mass is 9.67. The SMILES string of the molecule is c1ccc(-c2nc(-c3ccc4c(c3)Sc3ccccc3C43c4ccccc4-c4ccccc43)nc(-c3ccc4ccccc4c3)n2)cc1. The van der Waals surface area contributed by atoms with Gasteiger partial charge in [-0.05, 0) is 62.4 Å². The molecule has 7 aromatic carbocycles. The zero-order valence-corrected chi connectivity index (χ0v) is 26.7. The van der Waals surface area contributed by atoms with Crippen LogP contribution in [0.15, 0.2) is 174 Å². The number of aromatic nitrogens is 3. The molecular formula is C44H27N3S. The number of nitrogens with zero attached hydrogens (tertiary/aromatic N) is 3. The van der Waals surface area contributed by atoms with Gasteiger partial charge < -0.3 is 0 Å². The molecule has 224 valence electrons. The first-order valence-corrected chi connectivity index (χ1v) is 17.0. The van der Waals surface area contributed by atoms with Crippen LogP contribution in [0.2, 0.25) is 0 Å². The van der Waals surface area contributed by atoms with Crippen LogP contribution in [-0.2, 0) is 5.41 Å². The molecule has 0 N–H and O–H groups in total. The van der Waals surface area contributed by atoms with E-state index < -0.39 is 5.41 Å². The van der Waals surface area contributed by atoms with E-state index in [1.165, 1.54) is 48.6 Å². The van der Waals surface area contributed by atoms with Crippen molar-refractivity contribution in [1.82, 2.24) is 15.0 Å². The van der Waals surface area contributed by atoms with E-state index in [9.17, 15) is 0 Å². The van der Waals surface area contributed by atoms with Crippen molar-refractivity contribution in [3.63, 3.8) is 0 Å². The molecule has 48 heavy (non-hydrogen) atoms. The minimum absolute atomic E-state index is 0.409. The Hall–Kier alpha value is -5.84. The second-order valence-corrected chi connectivity index (χ2v) is 13.5. The largest absolute Gasteiger partial charge is 0.208 e. The molecule has 4 heteroatoms. The first kappa shape index (κ1) is 27.3. The van der Waals surface area contributed by atoms with E-state index in [1.54, 1.807) is 0 Å². The third-order valence-corrected chi connectivity index (χ3v) is 10.9. The Kier molecular flexibility index (Phi) is 6.02. The standard InChI is InChI=1S/C44H27N3S/c1-2-13-29(14-3-1)41-45-42(31-23-22-28-12-4-5-15-30(28)26-31)47-43(46-41)32-24-25-38-40(27-32)48-39-21-11-10-20-37(39)44(38)35-18-8-6-16-33(35)34-17-7-9-19-36(34)44/h1-27H. The molecule has 1 aliphatic carbocycles. The van der Waals surface area contributed by atoms with Crippen LogP contribution in [-0.4, -0.2) is 15.0 Å². The predicted molar refractivity (Wildman–Crippen MR) is 195 cm³/mol.